The molecule has 0 radical (unpaired) electrons. The van der Waals surface area contributed by atoms with Gasteiger partial charge in [0.1, 0.15) is 29.5 Å². The SMILES string of the molecule is CCOC(=O)c1ccc(Oc2cc(C(C)(C)C)cc3cc(C#N)c(C#N)c(-c4cccc(F)c4)c23)cc1. The van der Waals surface area contributed by atoms with Crippen LogP contribution in [0.1, 0.15) is 54.7 Å². The molecule has 0 amide bonds. The topological polar surface area (TPSA) is 83.1 Å². The minimum atomic E-state index is -0.458. The summed E-state index contributed by atoms with van der Waals surface area (Å²) in [6.45, 7) is 8.21. The maximum atomic E-state index is 14.3. The molecule has 0 aliphatic rings. The van der Waals surface area contributed by atoms with Crippen molar-refractivity contribution in [2.75, 3.05) is 6.61 Å². The monoisotopic (exact) mass is 492 g/mol. The molecule has 0 unspecified atom stereocenters. The molecule has 0 atom stereocenters. The van der Waals surface area contributed by atoms with E-state index in [1.54, 1.807) is 49.4 Å². The van der Waals surface area contributed by atoms with Crippen molar-refractivity contribution in [3.63, 3.8) is 0 Å². The number of fused-ring (bicyclic) bond motifs is 1. The van der Waals surface area contributed by atoms with Crippen LogP contribution in [-0.2, 0) is 10.2 Å². The number of carbonyl (C=O) groups is 1. The number of hydrogen-bond acceptors (Lipinski definition) is 5. The normalized spacial score (nSPS) is 11.0. The third-order valence-electron chi connectivity index (χ3n) is 6.01. The lowest BCUT2D eigenvalue weighted by Crippen LogP contribution is -2.11. The van der Waals surface area contributed by atoms with Crippen molar-refractivity contribution in [2.24, 2.45) is 0 Å². The molecule has 0 N–H and O–H groups in total. The number of nitrogens with zero attached hydrogens (tertiary/aromatic N) is 2. The average molecular weight is 493 g/mol. The molecule has 0 saturated heterocycles. The molecule has 0 bridgehead atoms. The third kappa shape index (κ3) is 5.15. The molecule has 0 fully saturated rings. The Balaban J connectivity index is 2.01. The van der Waals surface area contributed by atoms with Crippen LogP contribution in [0.3, 0.4) is 0 Å². The number of rotatable bonds is 5. The zero-order valence-electron chi connectivity index (χ0n) is 21.1. The number of benzene rings is 4. The standard InChI is InChI=1S/C31H25FN2O3/c1-5-36-30(35)19-9-11-25(12-10-19)37-27-16-23(31(2,3)4)14-21-13-22(17-33)26(18-34)28(29(21)27)20-7-6-8-24(32)15-20/h6-16H,5H2,1-4H3. The van der Waals surface area contributed by atoms with Crippen LogP contribution >= 0.6 is 0 Å². The van der Waals surface area contributed by atoms with E-state index in [9.17, 15) is 19.7 Å². The fraction of sp³-hybridized carbons (Fsp3) is 0.194. The van der Waals surface area contributed by atoms with Gasteiger partial charge in [0, 0.05) is 10.9 Å². The second kappa shape index (κ2) is 10.1. The van der Waals surface area contributed by atoms with E-state index in [2.05, 4.69) is 32.9 Å². The van der Waals surface area contributed by atoms with E-state index in [4.69, 9.17) is 9.47 Å². The zero-order valence-corrected chi connectivity index (χ0v) is 21.1. The van der Waals surface area contributed by atoms with E-state index in [0.717, 1.165) is 5.56 Å². The summed E-state index contributed by atoms with van der Waals surface area (Å²) >= 11 is 0. The van der Waals surface area contributed by atoms with Crippen LogP contribution in [-0.4, -0.2) is 12.6 Å². The summed E-state index contributed by atoms with van der Waals surface area (Å²) in [5, 5.41) is 21.1. The lowest BCUT2D eigenvalue weighted by Gasteiger charge is -2.23. The predicted octanol–water partition coefficient (Wildman–Crippen LogP) is 7.66. The fourth-order valence-corrected chi connectivity index (χ4v) is 4.16. The summed E-state index contributed by atoms with van der Waals surface area (Å²) in [5.74, 6) is 0.0329. The van der Waals surface area contributed by atoms with Crippen LogP contribution in [0, 0.1) is 28.5 Å². The Hall–Kier alpha value is -4.68. The van der Waals surface area contributed by atoms with Gasteiger partial charge in [-0.2, -0.15) is 10.5 Å². The average Bonchev–Trinajstić information content (AvgIpc) is 2.87. The van der Waals surface area contributed by atoms with E-state index >= 15 is 0 Å². The largest absolute Gasteiger partial charge is 0.462 e. The summed E-state index contributed by atoms with van der Waals surface area (Å²) in [7, 11) is 0. The van der Waals surface area contributed by atoms with E-state index in [0.29, 0.717) is 39.0 Å². The molecule has 0 aromatic heterocycles. The highest BCUT2D eigenvalue weighted by molar-refractivity contribution is 6.05. The van der Waals surface area contributed by atoms with Gasteiger partial charge in [-0.25, -0.2) is 9.18 Å². The van der Waals surface area contributed by atoms with Crippen molar-refractivity contribution >= 4 is 16.7 Å². The van der Waals surface area contributed by atoms with Gasteiger partial charge in [-0.3, -0.25) is 0 Å². The minimum Gasteiger partial charge on any atom is -0.462 e. The van der Waals surface area contributed by atoms with Crippen molar-refractivity contribution in [3.05, 3.63) is 94.8 Å². The molecule has 0 heterocycles. The first-order valence-corrected chi connectivity index (χ1v) is 11.8. The van der Waals surface area contributed by atoms with Gasteiger partial charge < -0.3 is 9.47 Å². The molecule has 6 heteroatoms. The van der Waals surface area contributed by atoms with Crippen molar-refractivity contribution < 1.29 is 18.7 Å². The molecule has 0 aliphatic carbocycles. The Morgan fingerprint density at radius 1 is 0.973 bits per heavy atom. The van der Waals surface area contributed by atoms with Gasteiger partial charge in [-0.1, -0.05) is 39.0 Å². The van der Waals surface area contributed by atoms with Gasteiger partial charge >= 0.3 is 5.97 Å². The number of hydrogen-bond donors (Lipinski definition) is 0. The van der Waals surface area contributed by atoms with Crippen molar-refractivity contribution in [1.82, 2.24) is 0 Å². The van der Waals surface area contributed by atoms with Crippen LogP contribution in [0.2, 0.25) is 0 Å². The van der Waals surface area contributed by atoms with Gasteiger partial charge in [-0.15, -0.1) is 0 Å². The summed E-state index contributed by atoms with van der Waals surface area (Å²) < 4.78 is 25.7. The fourth-order valence-electron chi connectivity index (χ4n) is 4.16. The molecule has 0 saturated carbocycles. The highest BCUT2D eigenvalue weighted by Crippen LogP contribution is 2.43. The summed E-state index contributed by atoms with van der Waals surface area (Å²) in [4.78, 5) is 12.1. The van der Waals surface area contributed by atoms with Gasteiger partial charge in [0.2, 0.25) is 0 Å². The molecule has 4 aromatic carbocycles. The lowest BCUT2D eigenvalue weighted by atomic mass is 9.83. The molecule has 4 rings (SSSR count). The molecule has 0 aliphatic heterocycles. The summed E-state index contributed by atoms with van der Waals surface area (Å²) in [5.41, 5.74) is 2.33. The van der Waals surface area contributed by atoms with E-state index < -0.39 is 11.8 Å². The van der Waals surface area contributed by atoms with Crippen LogP contribution < -0.4 is 4.74 Å². The molecular weight excluding hydrogens is 467 g/mol. The molecular formula is C31H25FN2O3. The van der Waals surface area contributed by atoms with Crippen LogP contribution in [0.15, 0.2) is 66.7 Å². The van der Waals surface area contributed by atoms with Gasteiger partial charge in [0.15, 0.2) is 0 Å². The molecule has 4 aromatic rings. The number of esters is 1. The van der Waals surface area contributed by atoms with Gasteiger partial charge in [0.25, 0.3) is 0 Å². The van der Waals surface area contributed by atoms with E-state index in [1.165, 1.54) is 12.1 Å². The van der Waals surface area contributed by atoms with E-state index in [-0.39, 0.29) is 23.1 Å². The van der Waals surface area contributed by atoms with Crippen molar-refractivity contribution in [3.8, 4) is 34.8 Å². The second-order valence-corrected chi connectivity index (χ2v) is 9.58. The van der Waals surface area contributed by atoms with Gasteiger partial charge in [-0.05, 0) is 77.4 Å². The highest BCUT2D eigenvalue weighted by atomic mass is 19.1. The Bertz CT molecular complexity index is 1590. The Labute approximate surface area is 215 Å². The summed E-state index contributed by atoms with van der Waals surface area (Å²) in [6, 6.07) is 22.3. The smallest absolute Gasteiger partial charge is 0.338 e. The molecule has 0 spiro atoms. The Morgan fingerprint density at radius 2 is 1.70 bits per heavy atom. The zero-order chi connectivity index (χ0) is 26.7. The van der Waals surface area contributed by atoms with Crippen LogP contribution in [0.4, 0.5) is 4.39 Å². The predicted molar refractivity (Wildman–Crippen MR) is 140 cm³/mol. The van der Waals surface area contributed by atoms with E-state index in [1.807, 2.05) is 12.1 Å². The van der Waals surface area contributed by atoms with Crippen molar-refractivity contribution in [1.29, 1.82) is 10.5 Å². The number of carbonyl (C=O) groups excluding carboxylic acids is 1. The van der Waals surface area contributed by atoms with Gasteiger partial charge in [0.05, 0.1) is 23.3 Å². The number of halogens is 1. The Kier molecular flexibility index (Phi) is 6.96. The quantitative estimate of drug-likeness (QED) is 0.267. The molecule has 5 nitrogen and oxygen atoms in total. The maximum absolute atomic E-state index is 14.3. The third-order valence-corrected chi connectivity index (χ3v) is 6.01. The minimum absolute atomic E-state index is 0.145. The number of ether oxygens (including phenoxy) is 2. The highest BCUT2D eigenvalue weighted by Gasteiger charge is 2.23. The molecule has 37 heavy (non-hydrogen) atoms. The first-order valence-electron chi connectivity index (χ1n) is 11.8. The van der Waals surface area contributed by atoms with Crippen LogP contribution in [0.5, 0.6) is 11.5 Å². The summed E-state index contributed by atoms with van der Waals surface area (Å²) in [6.07, 6.45) is 0. The van der Waals surface area contributed by atoms with Crippen LogP contribution in [0.25, 0.3) is 21.9 Å². The first-order chi connectivity index (χ1) is 17.7. The maximum Gasteiger partial charge on any atom is 0.338 e. The second-order valence-electron chi connectivity index (χ2n) is 9.58. The lowest BCUT2D eigenvalue weighted by molar-refractivity contribution is 0.0526. The number of nitriles is 2. The van der Waals surface area contributed by atoms with Crippen molar-refractivity contribution in [2.45, 2.75) is 33.1 Å². The Morgan fingerprint density at radius 3 is 2.30 bits per heavy atom. The molecule has 184 valence electrons. The first kappa shape index (κ1) is 25.4.